The van der Waals surface area contributed by atoms with Gasteiger partial charge in [0.2, 0.25) is 11.8 Å². The molecular weight excluding hydrogens is 1960 g/mol. The van der Waals surface area contributed by atoms with Gasteiger partial charge in [0.15, 0.2) is 0 Å². The van der Waals surface area contributed by atoms with E-state index in [0.29, 0.717) is 0 Å². The summed E-state index contributed by atoms with van der Waals surface area (Å²) in [6.07, 6.45) is -4.98. The van der Waals surface area contributed by atoms with Crippen molar-refractivity contribution >= 4 is 98.5 Å². The Labute approximate surface area is 867 Å². The number of amides is 10. The number of carbonyl (C=O) groups is 12. The molecule has 4 N–H and O–H groups in total. The summed E-state index contributed by atoms with van der Waals surface area (Å²) in [5, 5.41) is 27.1. The Morgan fingerprint density at radius 1 is 0.336 bits per heavy atom. The summed E-state index contributed by atoms with van der Waals surface area (Å²) in [6, 6.07) is 36.3. The van der Waals surface area contributed by atoms with Crippen LogP contribution in [0.1, 0.15) is 264 Å². The minimum atomic E-state index is -4.80. The molecule has 4 aliphatic heterocycles. The molecule has 0 saturated heterocycles. The van der Waals surface area contributed by atoms with E-state index >= 15 is 0 Å². The number of hydrogen-bond donors (Lipinski definition) is 4. The number of alkyl halides is 6. The van der Waals surface area contributed by atoms with E-state index in [2.05, 4.69) is 196 Å². The lowest BCUT2D eigenvalue weighted by molar-refractivity contribution is -0.858. The number of fused-ring (bicyclic) bond motifs is 4. The fourth-order valence-corrected chi connectivity index (χ4v) is 16.6. The zero-order chi connectivity index (χ0) is 111. The first-order valence-corrected chi connectivity index (χ1v) is 48.3. The lowest BCUT2D eigenvalue weighted by atomic mass is 9.74. The Bertz CT molecular complexity index is 5870. The standard InChI is InChI=1S/2C21H15F3N2O4.2C12H18.2C9H10O2.C8H9Br.C8H9Cl.2C8H16N2O/c2*1-20(21(22,23)24,10-4-6-12-14(8-10)18(29)25(2)16(12)27)11-5-7-13-15(9-11)19(30)26(3)17(13)28;2*1-7-8(2)10(4)12(6)11(5)9(7)3;2*1-6-3-7(2)5-8(4-6)9(10)11;2*1-6-3-4-8(9)7(2)5-6;2*1-4-8(11)9-6-5-7-10(2)3/h2*4-9H,1-3H3;2*1-6H3;2*3-5H,1-2H3,(H,10,11);2*3-5H,1-2H3;2*4H,1,5-7H2,2-3H3,(H,9,11). The van der Waals surface area contributed by atoms with Gasteiger partial charge < -0.3 is 40.2 Å². The maximum absolute atomic E-state index is 14.4. The van der Waals surface area contributed by atoms with Gasteiger partial charge in [-0.15, -0.1) is 0 Å². The molecule has 0 saturated carbocycles. The maximum Gasteiger partial charge on any atom is 0.402 e. The number of nitrogens with zero attached hydrogens (tertiary/aromatic N) is 4. The first kappa shape index (κ1) is 123. The molecule has 4 heterocycles. The number of aromatic carboxylic acids is 2. The molecule has 22 nitrogen and oxygen atoms in total. The number of carboxylic acid groups (broad SMARTS) is 2. The largest absolute Gasteiger partial charge is 0.545 e. The van der Waals surface area contributed by atoms with Crippen LogP contribution in [0.3, 0.4) is 0 Å². The van der Waals surface area contributed by atoms with Crippen molar-refractivity contribution < 1.29 is 104 Å². The molecule has 0 aliphatic carbocycles. The molecule has 0 fully saturated rings. The number of carbonyl (C=O) groups excluding carboxylic acids is 12. The Kier molecular flexibility index (Phi) is 44.1. The molecule has 0 radical (unpaired) electrons. The molecular formula is C116H136BrClF6N8O14. The van der Waals surface area contributed by atoms with Gasteiger partial charge in [0, 0.05) is 63.6 Å². The highest BCUT2D eigenvalue weighted by atomic mass is 79.9. The second-order valence-electron chi connectivity index (χ2n) is 37.9. The van der Waals surface area contributed by atoms with Gasteiger partial charge in [0.1, 0.15) is 10.8 Å². The SMILES string of the molecule is C=CC(=O)NCCC[NH+](C)C.C=CC(=O)NCCC[NH+](C)C.CN1C(=O)c2ccc(C(C)(c3ccc4c(c3)C(=O)N(C)C4=O)C(F)(F)F)cc2C1=O.CN1C(=O)c2ccc(C(C)(c3ccc4c(c3)C(=O)N(C)C4=O)C(F)(F)F)cc2C1=O.Cc1c(C)c(C)c(C)c(C)c1C.Cc1c(C)c(C)c(C)c(C)c1C.Cc1cc(C)cc(C(=O)[O-])c1.Cc1cc(C)cc(C(=O)[O-])c1.Cc1ccc(Br)c(C)c1.Cc1ccc(Cl)c(C)c1. The van der Waals surface area contributed by atoms with E-state index < -0.39 is 82.4 Å². The van der Waals surface area contributed by atoms with Crippen molar-refractivity contribution in [2.75, 3.05) is 82.6 Å². The summed E-state index contributed by atoms with van der Waals surface area (Å²) in [6.45, 7) is 54.5. The number of nitrogens with one attached hydrogen (secondary N) is 4. The van der Waals surface area contributed by atoms with E-state index in [-0.39, 0.29) is 89.7 Å². The van der Waals surface area contributed by atoms with Crippen molar-refractivity contribution in [3.05, 3.63) is 370 Å². The van der Waals surface area contributed by atoms with E-state index in [4.69, 9.17) is 11.6 Å². The van der Waals surface area contributed by atoms with Crippen LogP contribution in [0.4, 0.5) is 26.3 Å². The van der Waals surface area contributed by atoms with Crippen LogP contribution in [-0.4, -0.2) is 186 Å². The number of carboxylic acids is 2. The Morgan fingerprint density at radius 2 is 0.555 bits per heavy atom. The third-order valence-corrected chi connectivity index (χ3v) is 28.1. The second-order valence-corrected chi connectivity index (χ2v) is 39.2. The third-order valence-electron chi connectivity index (χ3n) is 26.8. The molecule has 0 spiro atoms. The second kappa shape index (κ2) is 52.4. The fourth-order valence-electron chi connectivity index (χ4n) is 16.3. The van der Waals surface area contributed by atoms with Crippen LogP contribution in [0, 0.1) is 138 Å². The fraction of sp³-hybridized carbons (Fsp3) is 0.345. The zero-order valence-electron chi connectivity index (χ0n) is 89.2. The minimum Gasteiger partial charge on any atom is -0.545 e. The number of aryl methyl sites for hydroxylation is 8. The quantitative estimate of drug-likeness (QED) is 0.0303. The average molecular weight is 2100 g/mol. The normalized spacial score (nSPS) is 12.6. The average Bonchev–Trinajstić information content (AvgIpc) is 1.50. The summed E-state index contributed by atoms with van der Waals surface area (Å²) in [7, 11) is 13.4. The van der Waals surface area contributed by atoms with Gasteiger partial charge in [-0.05, 0) is 336 Å². The van der Waals surface area contributed by atoms with Crippen molar-refractivity contribution in [3.8, 4) is 0 Å². The highest BCUT2D eigenvalue weighted by Gasteiger charge is 2.56. The molecule has 30 heteroatoms. The van der Waals surface area contributed by atoms with E-state index in [0.717, 1.165) is 154 Å². The van der Waals surface area contributed by atoms with Crippen LogP contribution in [0.25, 0.3) is 0 Å². The highest BCUT2D eigenvalue weighted by molar-refractivity contribution is 9.10. The highest BCUT2D eigenvalue weighted by Crippen LogP contribution is 2.50. The molecule has 4 aliphatic rings. The van der Waals surface area contributed by atoms with Crippen LogP contribution < -0.4 is 30.6 Å². The maximum atomic E-state index is 14.4. The summed E-state index contributed by atoms with van der Waals surface area (Å²) >= 11 is 9.21. The van der Waals surface area contributed by atoms with Gasteiger partial charge in [0.05, 0.1) is 97.7 Å². The third kappa shape index (κ3) is 30.3. The molecule has 780 valence electrons. The molecule has 10 aromatic rings. The van der Waals surface area contributed by atoms with Crippen molar-refractivity contribution in [2.24, 2.45) is 0 Å². The first-order valence-electron chi connectivity index (χ1n) is 47.1. The molecule has 0 bridgehead atoms. The Balaban J connectivity index is 0.000000298. The predicted molar refractivity (Wildman–Crippen MR) is 562 cm³/mol. The topological polar surface area (TPSA) is 297 Å². The van der Waals surface area contributed by atoms with Crippen molar-refractivity contribution in [2.45, 2.75) is 188 Å². The van der Waals surface area contributed by atoms with Crippen LogP contribution in [0.2, 0.25) is 5.02 Å². The molecule has 146 heavy (non-hydrogen) atoms. The van der Waals surface area contributed by atoms with E-state index in [1.807, 2.05) is 58.9 Å². The number of benzene rings is 10. The predicted octanol–water partition coefficient (Wildman–Crippen LogP) is 18.1. The van der Waals surface area contributed by atoms with Crippen molar-refractivity contribution in [1.29, 1.82) is 0 Å². The van der Waals surface area contributed by atoms with Crippen LogP contribution in [-0.2, 0) is 20.4 Å². The lowest BCUT2D eigenvalue weighted by Crippen LogP contribution is -3.05. The van der Waals surface area contributed by atoms with Gasteiger partial charge in [-0.1, -0.05) is 159 Å². The molecule has 0 aromatic heterocycles. The van der Waals surface area contributed by atoms with E-state index in [1.54, 1.807) is 24.3 Å². The lowest BCUT2D eigenvalue weighted by Gasteiger charge is -2.33. The molecule has 0 atom stereocenters. The zero-order valence-corrected chi connectivity index (χ0v) is 91.5. The number of halogens is 8. The molecule has 14 rings (SSSR count). The summed E-state index contributed by atoms with van der Waals surface area (Å²) in [5.41, 5.74) is 20.3. The van der Waals surface area contributed by atoms with E-state index in [9.17, 15) is 94.1 Å². The van der Waals surface area contributed by atoms with Crippen molar-refractivity contribution in [3.63, 3.8) is 0 Å². The number of rotatable bonds is 16. The smallest absolute Gasteiger partial charge is 0.402 e. The van der Waals surface area contributed by atoms with E-state index in [1.165, 1.54) is 162 Å². The van der Waals surface area contributed by atoms with Crippen LogP contribution in [0.15, 0.2) is 175 Å². The Hall–Kier alpha value is -13.6. The monoisotopic (exact) mass is 2090 g/mol. The molecule has 10 aromatic carbocycles. The van der Waals surface area contributed by atoms with Gasteiger partial charge >= 0.3 is 12.4 Å². The number of hydrogen-bond acceptors (Lipinski definition) is 14. The van der Waals surface area contributed by atoms with Gasteiger partial charge in [-0.3, -0.25) is 67.5 Å². The van der Waals surface area contributed by atoms with Crippen LogP contribution in [0.5, 0.6) is 0 Å². The van der Waals surface area contributed by atoms with Gasteiger partial charge in [-0.25, -0.2) is 0 Å². The number of quaternary nitrogens is 2. The molecule has 0 unspecified atom stereocenters. The van der Waals surface area contributed by atoms with Gasteiger partial charge in [-0.2, -0.15) is 26.3 Å². The Morgan fingerprint density at radius 3 is 0.740 bits per heavy atom. The van der Waals surface area contributed by atoms with Crippen LogP contribution >= 0.6 is 27.5 Å². The van der Waals surface area contributed by atoms with Gasteiger partial charge in [0.25, 0.3) is 47.3 Å². The summed E-state index contributed by atoms with van der Waals surface area (Å²) in [4.78, 5) is 146. The minimum absolute atomic E-state index is 0.0344. The molecule has 10 amide bonds. The van der Waals surface area contributed by atoms with Crippen molar-refractivity contribution in [1.82, 2.24) is 30.2 Å². The number of imide groups is 4. The summed E-state index contributed by atoms with van der Waals surface area (Å²) in [5.74, 6) is -7.46. The summed E-state index contributed by atoms with van der Waals surface area (Å²) < 4.78 is 87.3. The first-order chi connectivity index (χ1) is 67.6.